The van der Waals surface area contributed by atoms with Gasteiger partial charge in [0.05, 0.1) is 5.56 Å². The van der Waals surface area contributed by atoms with Crippen molar-refractivity contribution >= 4 is 5.97 Å². The van der Waals surface area contributed by atoms with Crippen LogP contribution in [-0.4, -0.2) is 34.5 Å². The molecule has 3 N–H and O–H groups in total. The van der Waals surface area contributed by atoms with E-state index in [4.69, 9.17) is 5.11 Å². The summed E-state index contributed by atoms with van der Waals surface area (Å²) < 4.78 is 0. The third kappa shape index (κ3) is 4.33. The van der Waals surface area contributed by atoms with Crippen LogP contribution in [0.1, 0.15) is 48.0 Å². The highest BCUT2D eigenvalue weighted by atomic mass is 16.4. The monoisotopic (exact) mass is 265 g/mol. The molecule has 0 bridgehead atoms. The molecule has 1 fully saturated rings. The lowest BCUT2D eigenvalue weighted by molar-refractivity contribution is 0.0697. The van der Waals surface area contributed by atoms with Crippen molar-refractivity contribution in [2.45, 2.75) is 44.7 Å². The highest BCUT2D eigenvalue weighted by molar-refractivity contribution is 5.87. The highest BCUT2D eigenvalue weighted by Gasteiger charge is 2.17. The van der Waals surface area contributed by atoms with Gasteiger partial charge in [-0.3, -0.25) is 4.90 Å². The summed E-state index contributed by atoms with van der Waals surface area (Å²) >= 11 is 0. The van der Waals surface area contributed by atoms with Crippen molar-refractivity contribution in [1.82, 2.24) is 4.90 Å². The second-order valence-corrected chi connectivity index (χ2v) is 5.21. The molecule has 1 aliphatic carbocycles. The number of rotatable bonds is 4. The predicted octanol–water partition coefficient (Wildman–Crippen LogP) is 2.32. The van der Waals surface area contributed by atoms with Crippen LogP contribution in [0.25, 0.3) is 0 Å². The number of carboxylic acid groups (broad SMARTS) is 1. The Bertz CT molecular complexity index is 396. The molecule has 0 spiro atoms. The van der Waals surface area contributed by atoms with E-state index in [9.17, 15) is 4.79 Å². The Balaban J connectivity index is 0.00000180. The fourth-order valence-electron chi connectivity index (χ4n) is 2.69. The van der Waals surface area contributed by atoms with E-state index >= 15 is 0 Å². The van der Waals surface area contributed by atoms with Gasteiger partial charge in [-0.1, -0.05) is 31.4 Å². The molecule has 0 heterocycles. The molecule has 0 unspecified atom stereocenters. The molecular formula is C15H23NO3. The van der Waals surface area contributed by atoms with E-state index in [1.165, 1.54) is 37.7 Å². The minimum absolute atomic E-state index is 0. The van der Waals surface area contributed by atoms with Gasteiger partial charge in [0.25, 0.3) is 0 Å². The molecule has 4 heteroatoms. The molecule has 0 saturated heterocycles. The first-order chi connectivity index (χ1) is 8.66. The summed E-state index contributed by atoms with van der Waals surface area (Å²) in [6.07, 6.45) is 6.64. The first kappa shape index (κ1) is 15.7. The van der Waals surface area contributed by atoms with Crippen LogP contribution in [0.3, 0.4) is 0 Å². The topological polar surface area (TPSA) is 72.0 Å². The maximum atomic E-state index is 10.8. The first-order valence-electron chi connectivity index (χ1n) is 6.69. The molecule has 0 atom stereocenters. The Morgan fingerprint density at radius 3 is 2.32 bits per heavy atom. The van der Waals surface area contributed by atoms with E-state index in [-0.39, 0.29) is 5.48 Å². The maximum absolute atomic E-state index is 10.8. The van der Waals surface area contributed by atoms with Gasteiger partial charge in [0.15, 0.2) is 0 Å². The van der Waals surface area contributed by atoms with Crippen LogP contribution in [0.5, 0.6) is 0 Å². The van der Waals surface area contributed by atoms with Crippen LogP contribution < -0.4 is 0 Å². The van der Waals surface area contributed by atoms with E-state index in [1.54, 1.807) is 12.1 Å². The number of carbonyl (C=O) groups is 1. The van der Waals surface area contributed by atoms with E-state index in [1.807, 2.05) is 12.1 Å². The van der Waals surface area contributed by atoms with E-state index in [2.05, 4.69) is 11.9 Å². The van der Waals surface area contributed by atoms with Gasteiger partial charge >= 0.3 is 5.97 Å². The number of benzene rings is 1. The zero-order valence-corrected chi connectivity index (χ0v) is 11.4. The van der Waals surface area contributed by atoms with Crippen molar-refractivity contribution in [3.8, 4) is 0 Å². The quantitative estimate of drug-likeness (QED) is 0.908. The zero-order chi connectivity index (χ0) is 13.0. The molecule has 1 aliphatic rings. The van der Waals surface area contributed by atoms with Crippen LogP contribution >= 0.6 is 0 Å². The molecule has 0 aromatic heterocycles. The second kappa shape index (κ2) is 7.26. The Hall–Kier alpha value is -1.39. The Labute approximate surface area is 114 Å². The maximum Gasteiger partial charge on any atom is 0.335 e. The molecule has 0 aliphatic heterocycles. The predicted molar refractivity (Wildman–Crippen MR) is 75.4 cm³/mol. The third-order valence-electron chi connectivity index (χ3n) is 3.83. The first-order valence-corrected chi connectivity index (χ1v) is 6.69. The molecule has 0 amide bonds. The molecule has 2 rings (SSSR count). The minimum Gasteiger partial charge on any atom is -0.478 e. The average molecular weight is 265 g/mol. The summed E-state index contributed by atoms with van der Waals surface area (Å²) in [6, 6.07) is 7.91. The largest absolute Gasteiger partial charge is 0.478 e. The van der Waals surface area contributed by atoms with Crippen LogP contribution in [0.4, 0.5) is 0 Å². The number of aromatic carboxylic acids is 1. The Kier molecular flexibility index (Phi) is 5.99. The molecule has 1 saturated carbocycles. The molecular weight excluding hydrogens is 242 g/mol. The van der Waals surface area contributed by atoms with E-state index in [0.717, 1.165) is 6.54 Å². The SMILES string of the molecule is CN(Cc1ccc(C(=O)O)cc1)C1CCCCC1.O. The molecule has 0 radical (unpaired) electrons. The highest BCUT2D eigenvalue weighted by Crippen LogP contribution is 2.22. The summed E-state index contributed by atoms with van der Waals surface area (Å²) in [6.45, 7) is 0.907. The standard InChI is InChI=1S/C15H21NO2.H2O/c1-16(14-5-3-2-4-6-14)11-12-7-9-13(10-8-12)15(17)18;/h7-10,14H,2-6,11H2,1H3,(H,17,18);1H2. The van der Waals surface area contributed by atoms with Crippen molar-refractivity contribution in [2.24, 2.45) is 0 Å². The molecule has 1 aromatic rings. The lowest BCUT2D eigenvalue weighted by Crippen LogP contribution is -2.32. The number of nitrogens with zero attached hydrogens (tertiary/aromatic N) is 1. The summed E-state index contributed by atoms with van der Waals surface area (Å²) in [5.74, 6) is -0.859. The third-order valence-corrected chi connectivity index (χ3v) is 3.83. The van der Waals surface area contributed by atoms with Gasteiger partial charge in [-0.2, -0.15) is 0 Å². The van der Waals surface area contributed by atoms with Crippen molar-refractivity contribution < 1.29 is 15.4 Å². The molecule has 4 nitrogen and oxygen atoms in total. The fraction of sp³-hybridized carbons (Fsp3) is 0.533. The van der Waals surface area contributed by atoms with Crippen molar-refractivity contribution in [2.75, 3.05) is 7.05 Å². The second-order valence-electron chi connectivity index (χ2n) is 5.21. The fourth-order valence-corrected chi connectivity index (χ4v) is 2.69. The Morgan fingerprint density at radius 2 is 1.79 bits per heavy atom. The van der Waals surface area contributed by atoms with Gasteiger partial charge in [0, 0.05) is 12.6 Å². The van der Waals surface area contributed by atoms with Crippen LogP contribution in [0.15, 0.2) is 24.3 Å². The summed E-state index contributed by atoms with van der Waals surface area (Å²) in [5.41, 5.74) is 1.55. The summed E-state index contributed by atoms with van der Waals surface area (Å²) in [4.78, 5) is 13.2. The van der Waals surface area contributed by atoms with Gasteiger partial charge in [-0.15, -0.1) is 0 Å². The van der Waals surface area contributed by atoms with Gasteiger partial charge in [-0.25, -0.2) is 4.79 Å². The Morgan fingerprint density at radius 1 is 1.21 bits per heavy atom. The van der Waals surface area contributed by atoms with Gasteiger partial charge in [0.2, 0.25) is 0 Å². The van der Waals surface area contributed by atoms with Crippen molar-refractivity contribution in [1.29, 1.82) is 0 Å². The minimum atomic E-state index is -0.859. The van der Waals surface area contributed by atoms with Crippen LogP contribution in [0.2, 0.25) is 0 Å². The smallest absolute Gasteiger partial charge is 0.335 e. The molecule has 106 valence electrons. The van der Waals surface area contributed by atoms with Crippen molar-refractivity contribution in [3.63, 3.8) is 0 Å². The zero-order valence-electron chi connectivity index (χ0n) is 11.4. The lowest BCUT2D eigenvalue weighted by Gasteiger charge is -2.31. The van der Waals surface area contributed by atoms with E-state index in [0.29, 0.717) is 11.6 Å². The van der Waals surface area contributed by atoms with Crippen LogP contribution in [-0.2, 0) is 6.54 Å². The summed E-state index contributed by atoms with van der Waals surface area (Å²) in [7, 11) is 2.17. The number of hydrogen-bond donors (Lipinski definition) is 1. The van der Waals surface area contributed by atoms with E-state index < -0.39 is 5.97 Å². The molecule has 1 aromatic carbocycles. The normalized spacial score (nSPS) is 16.1. The lowest BCUT2D eigenvalue weighted by atomic mass is 9.94. The van der Waals surface area contributed by atoms with Gasteiger partial charge in [0.1, 0.15) is 0 Å². The van der Waals surface area contributed by atoms with Crippen LogP contribution in [0, 0.1) is 0 Å². The molecule has 19 heavy (non-hydrogen) atoms. The van der Waals surface area contributed by atoms with Gasteiger partial charge in [-0.05, 0) is 37.6 Å². The average Bonchev–Trinajstić information content (AvgIpc) is 2.40. The number of carboxylic acids is 1. The van der Waals surface area contributed by atoms with Gasteiger partial charge < -0.3 is 10.6 Å². The summed E-state index contributed by atoms with van der Waals surface area (Å²) in [5, 5.41) is 8.85. The van der Waals surface area contributed by atoms with Crippen molar-refractivity contribution in [3.05, 3.63) is 35.4 Å². The number of hydrogen-bond acceptors (Lipinski definition) is 2.